The van der Waals surface area contributed by atoms with Crippen LogP contribution in [0.5, 0.6) is 23.0 Å². The zero-order valence-electron chi connectivity index (χ0n) is 16.6. The van der Waals surface area contributed by atoms with Gasteiger partial charge in [-0.1, -0.05) is 12.1 Å². The van der Waals surface area contributed by atoms with E-state index in [9.17, 15) is 35.5 Å². The van der Waals surface area contributed by atoms with Gasteiger partial charge in [0.05, 0.1) is 11.1 Å². The third kappa shape index (κ3) is 5.68. The van der Waals surface area contributed by atoms with Crippen molar-refractivity contribution in [1.82, 2.24) is 0 Å². The number of ether oxygens (including phenoxy) is 2. The van der Waals surface area contributed by atoms with Gasteiger partial charge < -0.3 is 19.7 Å². The highest BCUT2D eigenvalue weighted by atomic mass is 32.2. The minimum Gasteiger partial charge on any atom is -0.478 e. The minimum absolute atomic E-state index is 0.191. The van der Waals surface area contributed by atoms with Gasteiger partial charge >= 0.3 is 11.9 Å². The monoisotopic (exact) mass is 510 g/mol. The molecule has 3 aromatic rings. The molecule has 4 N–H and O–H groups in total. The lowest BCUT2D eigenvalue weighted by atomic mass is 10.2. The van der Waals surface area contributed by atoms with Gasteiger partial charge in [0.2, 0.25) is 0 Å². The standard InChI is InChI=1S/C20H14O12S2/c21-19(22)11-3-1-5-13(7-11)31-15-9-16(32-14-6-2-4-12(8-14)20(23)24)18(34(28,29)30)10-17(15)33(25,26)27/h1-10H,(H,21,22)(H,23,24)(H,25,26,27)(H,28,29,30). The van der Waals surface area contributed by atoms with Crippen molar-refractivity contribution in [2.75, 3.05) is 0 Å². The van der Waals surface area contributed by atoms with Gasteiger partial charge in [0.1, 0.15) is 21.3 Å². The van der Waals surface area contributed by atoms with Crippen LogP contribution in [0.1, 0.15) is 20.7 Å². The zero-order valence-corrected chi connectivity index (χ0v) is 18.3. The van der Waals surface area contributed by atoms with Crippen LogP contribution in [0.15, 0.2) is 70.5 Å². The molecular weight excluding hydrogens is 496 g/mol. The van der Waals surface area contributed by atoms with E-state index in [2.05, 4.69) is 0 Å². The second-order valence-electron chi connectivity index (χ2n) is 6.57. The van der Waals surface area contributed by atoms with Gasteiger partial charge in [0, 0.05) is 6.07 Å². The van der Waals surface area contributed by atoms with Gasteiger partial charge in [-0.25, -0.2) is 9.59 Å². The number of hydrogen-bond acceptors (Lipinski definition) is 8. The van der Waals surface area contributed by atoms with Crippen LogP contribution in [0.3, 0.4) is 0 Å². The normalized spacial score (nSPS) is 11.6. The van der Waals surface area contributed by atoms with Crippen molar-refractivity contribution < 1.29 is 55.2 Å². The van der Waals surface area contributed by atoms with Crippen LogP contribution in [0.4, 0.5) is 0 Å². The number of carboxylic acids is 2. The number of rotatable bonds is 8. The summed E-state index contributed by atoms with van der Waals surface area (Å²) in [6.45, 7) is 0. The number of hydrogen-bond donors (Lipinski definition) is 4. The third-order valence-corrected chi connectivity index (χ3v) is 5.93. The Labute approximate surface area is 192 Å². The zero-order chi connectivity index (χ0) is 25.3. The highest BCUT2D eigenvalue weighted by Crippen LogP contribution is 2.39. The fourth-order valence-corrected chi connectivity index (χ4v) is 4.04. The van der Waals surface area contributed by atoms with Gasteiger partial charge in [-0.2, -0.15) is 16.8 Å². The van der Waals surface area contributed by atoms with Crippen LogP contribution in [0, 0.1) is 0 Å². The topological polar surface area (TPSA) is 202 Å². The molecule has 178 valence electrons. The molecule has 0 bridgehead atoms. The van der Waals surface area contributed by atoms with E-state index in [1.807, 2.05) is 0 Å². The number of benzene rings is 3. The van der Waals surface area contributed by atoms with Gasteiger partial charge in [0.15, 0.2) is 11.5 Å². The summed E-state index contributed by atoms with van der Waals surface area (Å²) in [6, 6.07) is 10.7. The van der Waals surface area contributed by atoms with Crippen molar-refractivity contribution in [1.29, 1.82) is 0 Å². The molecule has 0 atom stereocenters. The molecule has 0 saturated heterocycles. The van der Waals surface area contributed by atoms with Crippen LogP contribution in [0.25, 0.3) is 0 Å². The maximum absolute atomic E-state index is 11.9. The van der Waals surface area contributed by atoms with Crippen molar-refractivity contribution in [3.8, 4) is 23.0 Å². The Hall–Kier alpha value is -3.98. The molecule has 0 aliphatic heterocycles. The average molecular weight is 510 g/mol. The summed E-state index contributed by atoms with van der Waals surface area (Å²) < 4.78 is 77.5. The molecule has 0 unspecified atom stereocenters. The van der Waals surface area contributed by atoms with Gasteiger partial charge in [-0.05, 0) is 42.5 Å². The molecule has 0 saturated carbocycles. The Balaban J connectivity index is 2.20. The Morgan fingerprint density at radius 2 is 1.00 bits per heavy atom. The first-order valence-corrected chi connectivity index (χ1v) is 11.8. The van der Waals surface area contributed by atoms with E-state index in [1.54, 1.807) is 0 Å². The van der Waals surface area contributed by atoms with E-state index in [4.69, 9.17) is 19.7 Å². The van der Waals surface area contributed by atoms with E-state index in [-0.39, 0.29) is 22.6 Å². The molecule has 0 amide bonds. The second kappa shape index (κ2) is 9.11. The maximum atomic E-state index is 11.9. The van der Waals surface area contributed by atoms with Gasteiger partial charge in [-0.3, -0.25) is 9.11 Å². The SMILES string of the molecule is O=C(O)c1cccc(Oc2cc(Oc3cccc(C(=O)O)c3)c(S(=O)(=O)O)cc2S(=O)(=O)O)c1. The number of aromatic carboxylic acids is 2. The fourth-order valence-electron chi connectivity index (χ4n) is 2.72. The molecule has 0 aliphatic rings. The summed E-state index contributed by atoms with van der Waals surface area (Å²) in [5.41, 5.74) is -0.440. The molecule has 34 heavy (non-hydrogen) atoms. The molecule has 0 aliphatic carbocycles. The predicted molar refractivity (Wildman–Crippen MR) is 113 cm³/mol. The summed E-state index contributed by atoms with van der Waals surface area (Å²) in [6.07, 6.45) is 0. The molecule has 3 aromatic carbocycles. The first-order valence-electron chi connectivity index (χ1n) is 8.91. The Bertz CT molecular complexity index is 1400. The van der Waals surface area contributed by atoms with Gasteiger partial charge in [0.25, 0.3) is 20.2 Å². The highest BCUT2D eigenvalue weighted by molar-refractivity contribution is 7.86. The van der Waals surface area contributed by atoms with Crippen LogP contribution in [0.2, 0.25) is 0 Å². The summed E-state index contributed by atoms with van der Waals surface area (Å²) in [5.74, 6) is -4.37. The summed E-state index contributed by atoms with van der Waals surface area (Å²) in [7, 11) is -10.2. The minimum atomic E-state index is -5.12. The average Bonchev–Trinajstić information content (AvgIpc) is 2.72. The lowest BCUT2D eigenvalue weighted by Gasteiger charge is -2.15. The summed E-state index contributed by atoms with van der Waals surface area (Å²) >= 11 is 0. The first-order chi connectivity index (χ1) is 15.8. The van der Waals surface area contributed by atoms with Crippen LogP contribution in [-0.4, -0.2) is 48.1 Å². The second-order valence-corrected chi connectivity index (χ2v) is 9.35. The molecular formula is C20H14O12S2. The molecule has 0 spiro atoms. The lowest BCUT2D eigenvalue weighted by molar-refractivity contribution is 0.0686. The third-order valence-electron chi connectivity index (χ3n) is 4.18. The summed E-state index contributed by atoms with van der Waals surface area (Å²) in [4.78, 5) is 20.2. The Morgan fingerprint density at radius 3 is 1.32 bits per heavy atom. The lowest BCUT2D eigenvalue weighted by Crippen LogP contribution is -2.07. The Morgan fingerprint density at radius 1 is 0.618 bits per heavy atom. The molecule has 0 aromatic heterocycles. The first kappa shape index (κ1) is 24.7. The number of carboxylic acid groups (broad SMARTS) is 2. The molecule has 3 rings (SSSR count). The molecule has 12 nitrogen and oxygen atoms in total. The van der Waals surface area contributed by atoms with Crippen molar-refractivity contribution >= 4 is 32.2 Å². The van der Waals surface area contributed by atoms with Gasteiger partial charge in [-0.15, -0.1) is 0 Å². The van der Waals surface area contributed by atoms with Crippen molar-refractivity contribution in [3.63, 3.8) is 0 Å². The van der Waals surface area contributed by atoms with E-state index >= 15 is 0 Å². The smallest absolute Gasteiger partial charge is 0.335 e. The van der Waals surface area contributed by atoms with Crippen molar-refractivity contribution in [3.05, 3.63) is 71.8 Å². The van der Waals surface area contributed by atoms with E-state index in [0.29, 0.717) is 12.1 Å². The largest absolute Gasteiger partial charge is 0.478 e. The predicted octanol–water partition coefficient (Wildman–Crippen LogP) is 3.16. The molecule has 0 fully saturated rings. The number of carbonyl (C=O) groups is 2. The van der Waals surface area contributed by atoms with E-state index in [1.165, 1.54) is 36.4 Å². The fraction of sp³-hybridized carbons (Fsp3) is 0. The van der Waals surface area contributed by atoms with Crippen LogP contribution >= 0.6 is 0 Å². The summed E-state index contributed by atoms with van der Waals surface area (Å²) in [5, 5.41) is 18.2. The Kier molecular flexibility index (Phi) is 6.60. The highest BCUT2D eigenvalue weighted by Gasteiger charge is 2.27. The van der Waals surface area contributed by atoms with E-state index < -0.39 is 53.5 Å². The van der Waals surface area contributed by atoms with Crippen LogP contribution in [-0.2, 0) is 20.2 Å². The van der Waals surface area contributed by atoms with Crippen molar-refractivity contribution in [2.24, 2.45) is 0 Å². The maximum Gasteiger partial charge on any atom is 0.335 e. The van der Waals surface area contributed by atoms with Crippen LogP contribution < -0.4 is 9.47 Å². The van der Waals surface area contributed by atoms with E-state index in [0.717, 1.165) is 12.1 Å². The molecule has 14 heteroatoms. The molecule has 0 radical (unpaired) electrons. The molecule has 0 heterocycles. The quantitative estimate of drug-likeness (QED) is 0.323. The van der Waals surface area contributed by atoms with Crippen molar-refractivity contribution in [2.45, 2.75) is 9.79 Å².